The molecular formula is C11H13NO2S. The summed E-state index contributed by atoms with van der Waals surface area (Å²) in [5.74, 6) is -0.371. The molecule has 0 heterocycles. The SMILES string of the molecule is COC(=O)/C=C/Nc1ccccc1SC. The quantitative estimate of drug-likeness (QED) is 0.483. The third kappa shape index (κ3) is 3.67. The Kier molecular flexibility index (Phi) is 4.77. The van der Waals surface area contributed by atoms with Gasteiger partial charge in [0.25, 0.3) is 0 Å². The highest BCUT2D eigenvalue weighted by Gasteiger charge is 1.97. The summed E-state index contributed by atoms with van der Waals surface area (Å²) in [7, 11) is 1.35. The molecule has 15 heavy (non-hydrogen) atoms. The Labute approximate surface area is 93.5 Å². The monoisotopic (exact) mass is 223 g/mol. The van der Waals surface area contributed by atoms with E-state index in [1.54, 1.807) is 18.0 Å². The minimum atomic E-state index is -0.371. The zero-order valence-electron chi connectivity index (χ0n) is 8.69. The van der Waals surface area contributed by atoms with Gasteiger partial charge in [0.15, 0.2) is 0 Å². The molecule has 0 unspecified atom stereocenters. The highest BCUT2D eigenvalue weighted by atomic mass is 32.2. The molecule has 0 bridgehead atoms. The molecule has 0 aromatic heterocycles. The number of nitrogens with one attached hydrogen (secondary N) is 1. The number of carbonyl (C=O) groups excluding carboxylic acids is 1. The van der Waals surface area contributed by atoms with Crippen LogP contribution in [-0.4, -0.2) is 19.3 Å². The van der Waals surface area contributed by atoms with Gasteiger partial charge in [-0.3, -0.25) is 0 Å². The van der Waals surface area contributed by atoms with Crippen LogP contribution in [0.2, 0.25) is 0 Å². The standard InChI is InChI=1S/C11H13NO2S/c1-14-11(13)7-8-12-9-5-3-4-6-10(9)15-2/h3-8,12H,1-2H3/b8-7+. The summed E-state index contributed by atoms with van der Waals surface area (Å²) < 4.78 is 4.47. The second-order valence-corrected chi connectivity index (χ2v) is 3.55. The number of thioether (sulfide) groups is 1. The van der Waals surface area contributed by atoms with Gasteiger partial charge in [-0.05, 0) is 18.4 Å². The fraction of sp³-hybridized carbons (Fsp3) is 0.182. The Hall–Kier alpha value is -1.42. The number of para-hydroxylation sites is 1. The van der Waals surface area contributed by atoms with E-state index in [-0.39, 0.29) is 5.97 Å². The number of anilines is 1. The predicted molar refractivity (Wildman–Crippen MR) is 63.0 cm³/mol. The Balaban J connectivity index is 2.64. The topological polar surface area (TPSA) is 38.3 Å². The summed E-state index contributed by atoms with van der Waals surface area (Å²) in [6.07, 6.45) is 4.92. The van der Waals surface area contributed by atoms with E-state index in [4.69, 9.17) is 0 Å². The molecule has 0 aliphatic rings. The molecule has 0 saturated heterocycles. The molecule has 0 fully saturated rings. The first-order chi connectivity index (χ1) is 7.27. The van der Waals surface area contributed by atoms with Gasteiger partial charge in [-0.1, -0.05) is 12.1 Å². The Morgan fingerprint density at radius 2 is 2.20 bits per heavy atom. The van der Waals surface area contributed by atoms with Crippen LogP contribution in [0.4, 0.5) is 5.69 Å². The van der Waals surface area contributed by atoms with E-state index in [9.17, 15) is 4.79 Å². The molecule has 4 heteroatoms. The zero-order chi connectivity index (χ0) is 11.1. The molecular weight excluding hydrogens is 210 g/mol. The van der Waals surface area contributed by atoms with Crippen molar-refractivity contribution in [2.24, 2.45) is 0 Å². The molecule has 0 radical (unpaired) electrons. The summed E-state index contributed by atoms with van der Waals surface area (Å²) in [5, 5.41) is 3.03. The van der Waals surface area contributed by atoms with Gasteiger partial charge in [0.1, 0.15) is 0 Å². The van der Waals surface area contributed by atoms with Gasteiger partial charge >= 0.3 is 5.97 Å². The molecule has 0 spiro atoms. The second-order valence-electron chi connectivity index (χ2n) is 2.70. The van der Waals surface area contributed by atoms with E-state index in [0.717, 1.165) is 10.6 Å². The smallest absolute Gasteiger partial charge is 0.331 e. The van der Waals surface area contributed by atoms with Crippen LogP contribution < -0.4 is 5.32 Å². The largest absolute Gasteiger partial charge is 0.466 e. The molecule has 0 aliphatic carbocycles. The second kappa shape index (κ2) is 6.14. The van der Waals surface area contributed by atoms with Gasteiger partial charge in [0.05, 0.1) is 12.8 Å². The molecule has 0 saturated carbocycles. The van der Waals surface area contributed by atoms with Gasteiger partial charge in [0, 0.05) is 17.2 Å². The van der Waals surface area contributed by atoms with Gasteiger partial charge in [-0.25, -0.2) is 4.79 Å². The lowest BCUT2D eigenvalue weighted by Gasteiger charge is -2.05. The summed E-state index contributed by atoms with van der Waals surface area (Å²) in [4.78, 5) is 11.9. The number of esters is 1. The maximum Gasteiger partial charge on any atom is 0.331 e. The summed E-state index contributed by atoms with van der Waals surface area (Å²) in [6, 6.07) is 7.88. The normalized spacial score (nSPS) is 10.3. The molecule has 80 valence electrons. The van der Waals surface area contributed by atoms with Crippen LogP contribution >= 0.6 is 11.8 Å². The fourth-order valence-electron chi connectivity index (χ4n) is 1.03. The maximum atomic E-state index is 10.8. The molecule has 0 aliphatic heterocycles. The average molecular weight is 223 g/mol. The summed E-state index contributed by atoms with van der Waals surface area (Å²) >= 11 is 1.65. The van der Waals surface area contributed by atoms with Gasteiger partial charge in [-0.2, -0.15) is 0 Å². The van der Waals surface area contributed by atoms with Crippen molar-refractivity contribution in [1.29, 1.82) is 0 Å². The Morgan fingerprint density at radius 1 is 1.47 bits per heavy atom. The molecule has 1 rings (SSSR count). The molecule has 0 amide bonds. The van der Waals surface area contributed by atoms with Gasteiger partial charge < -0.3 is 10.1 Å². The Morgan fingerprint density at radius 3 is 2.87 bits per heavy atom. The molecule has 1 N–H and O–H groups in total. The Bertz CT molecular complexity index is 363. The lowest BCUT2D eigenvalue weighted by atomic mass is 10.3. The van der Waals surface area contributed by atoms with E-state index in [1.807, 2.05) is 30.5 Å². The fourth-order valence-corrected chi connectivity index (χ4v) is 1.59. The van der Waals surface area contributed by atoms with Crippen molar-refractivity contribution < 1.29 is 9.53 Å². The van der Waals surface area contributed by atoms with E-state index < -0.39 is 0 Å². The highest BCUT2D eigenvalue weighted by molar-refractivity contribution is 7.98. The van der Waals surface area contributed by atoms with Crippen molar-refractivity contribution in [2.75, 3.05) is 18.7 Å². The van der Waals surface area contributed by atoms with E-state index >= 15 is 0 Å². The molecule has 1 aromatic carbocycles. The molecule has 1 aromatic rings. The molecule has 3 nitrogen and oxygen atoms in total. The van der Waals surface area contributed by atoms with Crippen molar-refractivity contribution in [3.8, 4) is 0 Å². The van der Waals surface area contributed by atoms with Gasteiger partial charge in [0.2, 0.25) is 0 Å². The van der Waals surface area contributed by atoms with E-state index in [1.165, 1.54) is 13.2 Å². The zero-order valence-corrected chi connectivity index (χ0v) is 9.51. The number of hydrogen-bond donors (Lipinski definition) is 1. The number of carbonyl (C=O) groups is 1. The van der Waals surface area contributed by atoms with Gasteiger partial charge in [-0.15, -0.1) is 11.8 Å². The number of ether oxygens (including phenoxy) is 1. The highest BCUT2D eigenvalue weighted by Crippen LogP contribution is 2.24. The van der Waals surface area contributed by atoms with Crippen molar-refractivity contribution in [3.05, 3.63) is 36.5 Å². The van der Waals surface area contributed by atoms with Crippen molar-refractivity contribution in [2.45, 2.75) is 4.90 Å². The first-order valence-electron chi connectivity index (χ1n) is 4.42. The van der Waals surface area contributed by atoms with Crippen LogP contribution in [0, 0.1) is 0 Å². The van der Waals surface area contributed by atoms with Crippen molar-refractivity contribution in [3.63, 3.8) is 0 Å². The average Bonchev–Trinajstić information content (AvgIpc) is 2.29. The van der Waals surface area contributed by atoms with Crippen LogP contribution in [0.25, 0.3) is 0 Å². The minimum Gasteiger partial charge on any atom is -0.466 e. The lowest BCUT2D eigenvalue weighted by molar-refractivity contribution is -0.134. The first kappa shape index (κ1) is 11.7. The van der Waals surface area contributed by atoms with Crippen LogP contribution in [-0.2, 0) is 9.53 Å². The summed E-state index contributed by atoms with van der Waals surface area (Å²) in [6.45, 7) is 0. The number of benzene rings is 1. The van der Waals surface area contributed by atoms with Crippen molar-refractivity contribution >= 4 is 23.4 Å². The van der Waals surface area contributed by atoms with Crippen LogP contribution in [0.1, 0.15) is 0 Å². The third-order valence-corrected chi connectivity index (χ3v) is 2.56. The van der Waals surface area contributed by atoms with Crippen LogP contribution in [0.3, 0.4) is 0 Å². The first-order valence-corrected chi connectivity index (χ1v) is 5.64. The van der Waals surface area contributed by atoms with E-state index in [2.05, 4.69) is 10.1 Å². The van der Waals surface area contributed by atoms with Crippen LogP contribution in [0.5, 0.6) is 0 Å². The minimum absolute atomic E-state index is 0.371. The summed E-state index contributed by atoms with van der Waals surface area (Å²) in [5.41, 5.74) is 0.977. The maximum absolute atomic E-state index is 10.8. The van der Waals surface area contributed by atoms with E-state index in [0.29, 0.717) is 0 Å². The number of rotatable bonds is 4. The third-order valence-electron chi connectivity index (χ3n) is 1.77. The predicted octanol–water partition coefficient (Wildman–Crippen LogP) is 2.51. The van der Waals surface area contributed by atoms with Crippen molar-refractivity contribution in [1.82, 2.24) is 0 Å². The molecule has 0 atom stereocenters. The van der Waals surface area contributed by atoms with Crippen LogP contribution in [0.15, 0.2) is 41.4 Å². The number of hydrogen-bond acceptors (Lipinski definition) is 4. The number of methoxy groups -OCH3 is 1. The lowest BCUT2D eigenvalue weighted by Crippen LogP contribution is -1.96.